The van der Waals surface area contributed by atoms with Crippen molar-refractivity contribution in [1.29, 1.82) is 0 Å². The number of hydrogen-bond donors (Lipinski definition) is 1. The number of rotatable bonds is 7. The number of amides is 3. The average molecular weight is 490 g/mol. The average Bonchev–Trinajstić information content (AvgIpc) is 2.82. The third kappa shape index (κ3) is 5.80. The van der Waals surface area contributed by atoms with E-state index in [0.29, 0.717) is 12.8 Å². The number of carbonyl (C=O) groups excluding carboxylic acids is 3. The lowest BCUT2D eigenvalue weighted by Gasteiger charge is -2.36. The fourth-order valence-electron chi connectivity index (χ4n) is 3.74. The Balaban J connectivity index is 1.87. The van der Waals surface area contributed by atoms with E-state index in [0.717, 1.165) is 29.8 Å². The highest BCUT2D eigenvalue weighted by Crippen LogP contribution is 2.19. The van der Waals surface area contributed by atoms with Crippen LogP contribution in [0.3, 0.4) is 0 Å². The van der Waals surface area contributed by atoms with Gasteiger partial charge in [0.05, 0.1) is 4.90 Å². The normalized spacial score (nSPS) is 15.0. The topological polar surface area (TPSA) is 104 Å². The second-order valence-electron chi connectivity index (χ2n) is 8.18. The van der Waals surface area contributed by atoms with E-state index >= 15 is 0 Å². The number of piperazine rings is 1. The van der Waals surface area contributed by atoms with Crippen LogP contribution >= 0.6 is 0 Å². The predicted molar refractivity (Wildman–Crippen MR) is 124 cm³/mol. The van der Waals surface area contributed by atoms with Gasteiger partial charge in [-0.15, -0.1) is 0 Å². The van der Waals surface area contributed by atoms with E-state index in [1.165, 1.54) is 11.0 Å². The van der Waals surface area contributed by atoms with Gasteiger partial charge in [0.2, 0.25) is 21.1 Å². The van der Waals surface area contributed by atoms with Crippen molar-refractivity contribution in [2.75, 3.05) is 26.2 Å². The van der Waals surface area contributed by atoms with Crippen LogP contribution in [-0.4, -0.2) is 67.5 Å². The molecule has 0 aromatic heterocycles. The van der Waals surface area contributed by atoms with Crippen LogP contribution in [0.25, 0.3) is 0 Å². The monoisotopic (exact) mass is 489 g/mol. The second-order valence-corrected chi connectivity index (χ2v) is 10.2. The molecule has 1 aliphatic heterocycles. The first kappa shape index (κ1) is 25.4. The summed E-state index contributed by atoms with van der Waals surface area (Å²) in [5.41, 5.74) is 1.01. The van der Waals surface area contributed by atoms with Gasteiger partial charge in [-0.1, -0.05) is 24.6 Å². The molecule has 1 saturated heterocycles. The molecule has 2 aromatic carbocycles. The first-order valence-electron chi connectivity index (χ1n) is 11.1. The highest BCUT2D eigenvalue weighted by atomic mass is 32.2. The van der Waals surface area contributed by atoms with E-state index in [1.807, 2.05) is 6.92 Å². The lowest BCUT2D eigenvalue weighted by Crippen LogP contribution is -2.57. The molecule has 0 radical (unpaired) electrons. The Morgan fingerprint density at radius 2 is 1.62 bits per heavy atom. The van der Waals surface area contributed by atoms with Crippen molar-refractivity contribution in [3.05, 3.63) is 65.5 Å². The van der Waals surface area contributed by atoms with Crippen molar-refractivity contribution >= 4 is 27.6 Å². The maximum atomic E-state index is 13.4. The molecule has 3 rings (SSSR count). The Bertz CT molecular complexity index is 1160. The van der Waals surface area contributed by atoms with E-state index in [9.17, 15) is 27.2 Å². The van der Waals surface area contributed by atoms with Crippen LogP contribution in [0, 0.1) is 12.7 Å². The van der Waals surface area contributed by atoms with Crippen LogP contribution in [0.2, 0.25) is 0 Å². The Morgan fingerprint density at radius 1 is 1.00 bits per heavy atom. The molecule has 10 heteroatoms. The van der Waals surface area contributed by atoms with Gasteiger partial charge < -0.3 is 15.1 Å². The Hall–Kier alpha value is -3.27. The van der Waals surface area contributed by atoms with E-state index in [1.54, 1.807) is 30.0 Å². The summed E-state index contributed by atoms with van der Waals surface area (Å²) < 4.78 is 40.1. The molecule has 0 saturated carbocycles. The van der Waals surface area contributed by atoms with Gasteiger partial charge in [0.15, 0.2) is 0 Å². The zero-order valence-corrected chi connectivity index (χ0v) is 20.0. The van der Waals surface area contributed by atoms with Crippen molar-refractivity contribution in [2.24, 2.45) is 0 Å². The highest BCUT2D eigenvalue weighted by molar-refractivity contribution is 7.92. The van der Waals surface area contributed by atoms with Crippen LogP contribution in [0.15, 0.2) is 53.4 Å². The summed E-state index contributed by atoms with van der Waals surface area (Å²) in [6.45, 7) is 4.53. The van der Waals surface area contributed by atoms with E-state index in [4.69, 9.17) is 0 Å². The SMILES string of the molecule is CCCC(=O)N1CCN(C(=O)[C@@H](NC(=O)c2cccc(C)c2)S(=O)(=O)c2ccc(F)cc2)CC1. The van der Waals surface area contributed by atoms with Crippen LogP contribution in [-0.2, 0) is 19.4 Å². The fraction of sp³-hybridized carbons (Fsp3) is 0.375. The quantitative estimate of drug-likeness (QED) is 0.600. The number of aryl methyl sites for hydroxylation is 1. The van der Waals surface area contributed by atoms with Gasteiger partial charge in [0, 0.05) is 38.2 Å². The molecular weight excluding hydrogens is 461 g/mol. The zero-order valence-electron chi connectivity index (χ0n) is 19.2. The van der Waals surface area contributed by atoms with Gasteiger partial charge >= 0.3 is 0 Å². The Kier molecular flexibility index (Phi) is 8.03. The second kappa shape index (κ2) is 10.8. The summed E-state index contributed by atoms with van der Waals surface area (Å²) in [6, 6.07) is 10.6. The minimum Gasteiger partial charge on any atom is -0.339 e. The van der Waals surface area contributed by atoms with Crippen LogP contribution in [0.1, 0.15) is 35.7 Å². The summed E-state index contributed by atoms with van der Waals surface area (Å²) in [4.78, 5) is 41.1. The molecule has 2 aromatic rings. The summed E-state index contributed by atoms with van der Waals surface area (Å²) in [5, 5.41) is 0.474. The first-order valence-corrected chi connectivity index (χ1v) is 12.6. The predicted octanol–water partition coefficient (Wildman–Crippen LogP) is 2.13. The van der Waals surface area contributed by atoms with Crippen LogP contribution in [0.4, 0.5) is 4.39 Å². The van der Waals surface area contributed by atoms with Crippen LogP contribution < -0.4 is 5.32 Å². The highest BCUT2D eigenvalue weighted by Gasteiger charge is 2.39. The largest absolute Gasteiger partial charge is 0.339 e. The van der Waals surface area contributed by atoms with Crippen molar-refractivity contribution in [3.8, 4) is 0 Å². The third-order valence-electron chi connectivity index (χ3n) is 5.63. The van der Waals surface area contributed by atoms with Crippen molar-refractivity contribution in [2.45, 2.75) is 37.0 Å². The number of halogens is 1. The molecule has 1 atom stereocenters. The Morgan fingerprint density at radius 3 is 2.21 bits per heavy atom. The van der Waals surface area contributed by atoms with Gasteiger partial charge in [0.25, 0.3) is 11.8 Å². The summed E-state index contributed by atoms with van der Waals surface area (Å²) in [7, 11) is -4.39. The minimum atomic E-state index is -4.39. The maximum Gasteiger partial charge on any atom is 0.261 e. The first-order chi connectivity index (χ1) is 16.1. The van der Waals surface area contributed by atoms with Gasteiger partial charge in [-0.2, -0.15) is 0 Å². The zero-order chi connectivity index (χ0) is 24.9. The molecule has 34 heavy (non-hydrogen) atoms. The van der Waals surface area contributed by atoms with Crippen LogP contribution in [0.5, 0.6) is 0 Å². The molecule has 8 nitrogen and oxygen atoms in total. The van der Waals surface area contributed by atoms with Crippen molar-refractivity contribution < 1.29 is 27.2 Å². The fourth-order valence-corrected chi connectivity index (χ4v) is 5.20. The van der Waals surface area contributed by atoms with E-state index < -0.39 is 32.8 Å². The molecule has 1 aliphatic rings. The van der Waals surface area contributed by atoms with E-state index in [-0.39, 0.29) is 42.5 Å². The molecule has 3 amide bonds. The van der Waals surface area contributed by atoms with Crippen molar-refractivity contribution in [1.82, 2.24) is 15.1 Å². The van der Waals surface area contributed by atoms with Gasteiger partial charge in [-0.3, -0.25) is 14.4 Å². The van der Waals surface area contributed by atoms with Gasteiger partial charge in [0.1, 0.15) is 5.82 Å². The Labute approximate surface area is 198 Å². The number of carbonyl (C=O) groups is 3. The summed E-state index contributed by atoms with van der Waals surface area (Å²) >= 11 is 0. The molecule has 1 heterocycles. The minimum absolute atomic E-state index is 0.0159. The molecule has 0 spiro atoms. The molecule has 0 aliphatic carbocycles. The molecule has 0 unspecified atom stereocenters. The number of nitrogens with zero attached hydrogens (tertiary/aromatic N) is 2. The number of sulfone groups is 1. The third-order valence-corrected chi connectivity index (χ3v) is 7.50. The van der Waals surface area contributed by atoms with Crippen molar-refractivity contribution in [3.63, 3.8) is 0 Å². The molecule has 1 fully saturated rings. The molecule has 0 bridgehead atoms. The molecular formula is C24H28FN3O5S. The summed E-state index contributed by atoms with van der Waals surface area (Å²) in [5.74, 6) is -2.16. The lowest BCUT2D eigenvalue weighted by molar-refractivity contribution is -0.139. The summed E-state index contributed by atoms with van der Waals surface area (Å²) in [6.07, 6.45) is 1.11. The van der Waals surface area contributed by atoms with Gasteiger partial charge in [-0.05, 0) is 49.7 Å². The number of nitrogens with one attached hydrogen (secondary N) is 1. The number of hydrogen-bond acceptors (Lipinski definition) is 5. The molecule has 1 N–H and O–H groups in total. The van der Waals surface area contributed by atoms with Gasteiger partial charge in [-0.25, -0.2) is 12.8 Å². The lowest BCUT2D eigenvalue weighted by atomic mass is 10.1. The molecule has 182 valence electrons. The number of benzene rings is 2. The standard InChI is InChI=1S/C24H28FN3O5S/c1-3-5-21(29)27-12-14-28(15-13-27)24(31)23(26-22(30)18-7-4-6-17(2)16-18)34(32,33)20-10-8-19(25)9-11-20/h4,6-11,16,23H,3,5,12-15H2,1-2H3,(H,26,30)/t23-/m0/s1. The maximum absolute atomic E-state index is 13.4. The smallest absolute Gasteiger partial charge is 0.261 e. The van der Waals surface area contributed by atoms with E-state index in [2.05, 4.69) is 5.32 Å².